The first-order valence-corrected chi connectivity index (χ1v) is 10.9. The Labute approximate surface area is 180 Å². The highest BCUT2D eigenvalue weighted by molar-refractivity contribution is 7.99. The maximum Gasteiger partial charge on any atom is 0.217 e. The lowest BCUT2D eigenvalue weighted by Crippen LogP contribution is -2.05. The van der Waals surface area contributed by atoms with Crippen LogP contribution in [0.3, 0.4) is 0 Å². The molecule has 0 saturated heterocycles. The minimum Gasteiger partial charge on any atom is -0.477 e. The van der Waals surface area contributed by atoms with E-state index in [0.29, 0.717) is 17.6 Å². The fourth-order valence-electron chi connectivity index (χ4n) is 2.90. The highest BCUT2D eigenvalue weighted by Gasteiger charge is 2.09. The zero-order chi connectivity index (χ0) is 20.4. The second-order valence-electron chi connectivity index (χ2n) is 6.58. The quantitative estimate of drug-likeness (QED) is 0.287. The summed E-state index contributed by atoms with van der Waals surface area (Å²) in [6.45, 7) is 0.514. The Hall–Kier alpha value is -3.25. The number of nitrogens with zero attached hydrogens (tertiary/aromatic N) is 4. The zero-order valence-corrected chi connectivity index (χ0v) is 17.3. The van der Waals surface area contributed by atoms with Gasteiger partial charge in [-0.15, -0.1) is 0 Å². The van der Waals surface area contributed by atoms with E-state index in [1.807, 2.05) is 79.0 Å². The SMILES string of the molecule is c1ccc(-c2cc(OCCc3ccccn3)nc(SCCc3ccccn3)n2)cc1. The van der Waals surface area contributed by atoms with Gasteiger partial charge in [-0.05, 0) is 30.7 Å². The van der Waals surface area contributed by atoms with Gasteiger partial charge in [-0.25, -0.2) is 4.98 Å². The Morgan fingerprint density at radius 1 is 0.733 bits per heavy atom. The molecule has 1 aromatic carbocycles. The van der Waals surface area contributed by atoms with Crippen LogP contribution in [0.25, 0.3) is 11.3 Å². The molecule has 0 radical (unpaired) electrons. The second kappa shape index (κ2) is 10.5. The number of thioether (sulfide) groups is 1. The molecule has 0 aliphatic heterocycles. The lowest BCUT2D eigenvalue weighted by atomic mass is 10.1. The monoisotopic (exact) mass is 414 g/mol. The van der Waals surface area contributed by atoms with E-state index in [-0.39, 0.29) is 0 Å². The largest absolute Gasteiger partial charge is 0.477 e. The molecule has 0 unspecified atom stereocenters. The van der Waals surface area contributed by atoms with E-state index in [0.717, 1.165) is 41.2 Å². The number of aromatic nitrogens is 4. The van der Waals surface area contributed by atoms with Crippen LogP contribution in [0.5, 0.6) is 5.88 Å². The Balaban J connectivity index is 1.46. The van der Waals surface area contributed by atoms with Crippen LogP contribution in [0, 0.1) is 0 Å². The van der Waals surface area contributed by atoms with Crippen LogP contribution < -0.4 is 4.74 Å². The fourth-order valence-corrected chi connectivity index (χ4v) is 3.71. The van der Waals surface area contributed by atoms with Crippen molar-refractivity contribution in [2.24, 2.45) is 0 Å². The molecule has 30 heavy (non-hydrogen) atoms. The highest BCUT2D eigenvalue weighted by Crippen LogP contribution is 2.25. The predicted molar refractivity (Wildman–Crippen MR) is 120 cm³/mol. The van der Waals surface area contributed by atoms with Gasteiger partial charge in [0.1, 0.15) is 0 Å². The molecule has 150 valence electrons. The molecule has 4 aromatic rings. The van der Waals surface area contributed by atoms with Gasteiger partial charge in [-0.1, -0.05) is 54.2 Å². The van der Waals surface area contributed by atoms with E-state index < -0.39 is 0 Å². The van der Waals surface area contributed by atoms with Crippen LogP contribution in [0.4, 0.5) is 0 Å². The van der Waals surface area contributed by atoms with Crippen molar-refractivity contribution < 1.29 is 4.74 Å². The first-order valence-electron chi connectivity index (χ1n) is 9.87. The predicted octanol–water partition coefficient (Wildman–Crippen LogP) is 4.89. The van der Waals surface area contributed by atoms with E-state index in [1.165, 1.54) is 0 Å². The third kappa shape index (κ3) is 5.87. The topological polar surface area (TPSA) is 60.8 Å². The summed E-state index contributed by atoms with van der Waals surface area (Å²) < 4.78 is 5.96. The molecule has 0 amide bonds. The van der Waals surface area contributed by atoms with Crippen LogP contribution in [0.1, 0.15) is 11.4 Å². The van der Waals surface area contributed by atoms with E-state index >= 15 is 0 Å². The van der Waals surface area contributed by atoms with Crippen LogP contribution in [-0.4, -0.2) is 32.3 Å². The van der Waals surface area contributed by atoms with Crippen LogP contribution >= 0.6 is 11.8 Å². The average Bonchev–Trinajstić information content (AvgIpc) is 2.81. The smallest absolute Gasteiger partial charge is 0.217 e. The summed E-state index contributed by atoms with van der Waals surface area (Å²) >= 11 is 1.61. The molecule has 3 heterocycles. The van der Waals surface area contributed by atoms with Gasteiger partial charge in [0.2, 0.25) is 5.88 Å². The molecule has 0 aliphatic carbocycles. The molecule has 0 atom stereocenters. The van der Waals surface area contributed by atoms with Crippen molar-refractivity contribution in [3.63, 3.8) is 0 Å². The van der Waals surface area contributed by atoms with Gasteiger partial charge in [0.05, 0.1) is 12.3 Å². The summed E-state index contributed by atoms with van der Waals surface area (Å²) in [7, 11) is 0. The molecule has 5 nitrogen and oxygen atoms in total. The number of pyridine rings is 2. The number of aryl methyl sites for hydroxylation is 1. The van der Waals surface area contributed by atoms with E-state index in [2.05, 4.69) is 15.0 Å². The number of ether oxygens (including phenoxy) is 1. The third-order valence-corrected chi connectivity index (χ3v) is 5.25. The molecule has 0 fully saturated rings. The fraction of sp³-hybridized carbons (Fsp3) is 0.167. The van der Waals surface area contributed by atoms with Crippen molar-refractivity contribution in [1.29, 1.82) is 0 Å². The van der Waals surface area contributed by atoms with Gasteiger partial charge in [0, 0.05) is 47.6 Å². The number of rotatable bonds is 9. The standard InChI is InChI=1S/C24H22N4OS/c1-2-8-19(9-3-1)22-18-23(29-16-12-20-10-4-6-14-25-20)28-24(27-22)30-17-13-21-11-5-7-15-26-21/h1-11,14-15,18H,12-13,16-17H2. The van der Waals surface area contributed by atoms with E-state index in [4.69, 9.17) is 9.72 Å². The maximum atomic E-state index is 5.96. The molecule has 0 aliphatic rings. The van der Waals surface area contributed by atoms with Crippen LogP contribution in [0.2, 0.25) is 0 Å². The van der Waals surface area contributed by atoms with Gasteiger partial charge in [0.25, 0.3) is 0 Å². The Bertz CT molecular complexity index is 983. The molecule has 0 bridgehead atoms. The molecule has 0 N–H and O–H groups in total. The van der Waals surface area contributed by atoms with Crippen molar-refractivity contribution >= 4 is 11.8 Å². The molecular weight excluding hydrogens is 392 g/mol. The van der Waals surface area contributed by atoms with Crippen LogP contribution in [-0.2, 0) is 12.8 Å². The van der Waals surface area contributed by atoms with Gasteiger partial charge in [-0.3, -0.25) is 9.97 Å². The minimum atomic E-state index is 0.514. The molecule has 0 spiro atoms. The highest BCUT2D eigenvalue weighted by atomic mass is 32.2. The summed E-state index contributed by atoms with van der Waals surface area (Å²) in [6.07, 6.45) is 5.21. The van der Waals surface area contributed by atoms with Crippen molar-refractivity contribution in [3.8, 4) is 17.1 Å². The van der Waals surface area contributed by atoms with E-state index in [9.17, 15) is 0 Å². The normalized spacial score (nSPS) is 10.7. The first kappa shape index (κ1) is 20.0. The molecular formula is C24H22N4OS. The maximum absolute atomic E-state index is 5.96. The lowest BCUT2D eigenvalue weighted by Gasteiger charge is -2.10. The van der Waals surface area contributed by atoms with Crippen molar-refractivity contribution in [1.82, 2.24) is 19.9 Å². The molecule has 4 rings (SSSR count). The Morgan fingerprint density at radius 3 is 2.13 bits per heavy atom. The number of hydrogen-bond acceptors (Lipinski definition) is 6. The number of hydrogen-bond donors (Lipinski definition) is 0. The number of benzene rings is 1. The Morgan fingerprint density at radius 2 is 1.43 bits per heavy atom. The Kier molecular flexibility index (Phi) is 7.02. The lowest BCUT2D eigenvalue weighted by molar-refractivity contribution is 0.305. The molecule has 3 aromatic heterocycles. The minimum absolute atomic E-state index is 0.514. The van der Waals surface area contributed by atoms with Gasteiger partial charge >= 0.3 is 0 Å². The van der Waals surface area contributed by atoms with Crippen molar-refractivity contribution in [3.05, 3.63) is 96.6 Å². The summed E-state index contributed by atoms with van der Waals surface area (Å²) in [5, 5.41) is 0.708. The van der Waals surface area contributed by atoms with Gasteiger partial charge in [-0.2, -0.15) is 4.98 Å². The summed E-state index contributed by atoms with van der Waals surface area (Å²) in [6, 6.07) is 23.9. The zero-order valence-electron chi connectivity index (χ0n) is 16.5. The average molecular weight is 415 g/mol. The molecule has 0 saturated carbocycles. The second-order valence-corrected chi connectivity index (χ2v) is 7.64. The molecule has 6 heteroatoms. The van der Waals surface area contributed by atoms with Crippen molar-refractivity contribution in [2.45, 2.75) is 18.0 Å². The van der Waals surface area contributed by atoms with Gasteiger partial charge in [0.15, 0.2) is 5.16 Å². The third-order valence-electron chi connectivity index (χ3n) is 4.40. The van der Waals surface area contributed by atoms with Crippen molar-refractivity contribution in [2.75, 3.05) is 12.4 Å². The first-order chi connectivity index (χ1) is 14.9. The van der Waals surface area contributed by atoms with Gasteiger partial charge < -0.3 is 4.74 Å². The van der Waals surface area contributed by atoms with Crippen LogP contribution in [0.15, 0.2) is 90.3 Å². The van der Waals surface area contributed by atoms with E-state index in [1.54, 1.807) is 18.0 Å². The summed E-state index contributed by atoms with van der Waals surface area (Å²) in [5.41, 5.74) is 3.97. The summed E-state index contributed by atoms with van der Waals surface area (Å²) in [4.78, 5) is 18.1. The summed E-state index contributed by atoms with van der Waals surface area (Å²) in [5.74, 6) is 1.43.